The van der Waals surface area contributed by atoms with Crippen molar-refractivity contribution < 1.29 is 24.5 Å². The second-order valence-electron chi connectivity index (χ2n) is 24.6. The third-order valence-corrected chi connectivity index (χ3v) is 16.9. The van der Waals surface area contributed by atoms with Crippen LogP contribution in [0.2, 0.25) is 0 Å². The number of unbranched alkanes of at least 4 members (excludes halogenated alkanes) is 56. The summed E-state index contributed by atoms with van der Waals surface area (Å²) in [4.78, 5) is 24.6. The van der Waals surface area contributed by atoms with E-state index in [9.17, 15) is 19.8 Å². The first-order valence-electron chi connectivity index (χ1n) is 35.3. The lowest BCUT2D eigenvalue weighted by atomic mass is 10.0. The second-order valence-corrected chi connectivity index (χ2v) is 24.6. The second kappa shape index (κ2) is 66.4. The molecule has 6 nitrogen and oxygen atoms in total. The summed E-state index contributed by atoms with van der Waals surface area (Å²) in [6.45, 7) is 5.00. The van der Waals surface area contributed by atoms with Gasteiger partial charge in [-0.05, 0) is 25.7 Å². The minimum absolute atomic E-state index is 0.0158. The molecule has 0 aliphatic rings. The van der Waals surface area contributed by atoms with Crippen LogP contribution in [-0.2, 0) is 14.3 Å². The van der Waals surface area contributed by atoms with Crippen LogP contribution in [0.3, 0.4) is 0 Å². The first kappa shape index (κ1) is 74.9. The molecule has 2 unspecified atom stereocenters. The largest absolute Gasteiger partial charge is 0.466 e. The monoisotopic (exact) mass is 1070 g/mol. The quantitative estimate of drug-likeness (QED) is 0.0417. The molecule has 0 aromatic heterocycles. The summed E-state index contributed by atoms with van der Waals surface area (Å²) >= 11 is 0. The zero-order valence-corrected chi connectivity index (χ0v) is 52.0. The number of esters is 1. The first-order chi connectivity index (χ1) is 37.5. The third-order valence-electron chi connectivity index (χ3n) is 16.9. The van der Waals surface area contributed by atoms with E-state index in [2.05, 4.69) is 19.2 Å². The molecular formula is C70H139NO5. The maximum Gasteiger partial charge on any atom is 0.305 e. The third kappa shape index (κ3) is 62.1. The van der Waals surface area contributed by atoms with Crippen LogP contribution in [0.4, 0.5) is 0 Å². The van der Waals surface area contributed by atoms with Crippen LogP contribution in [-0.4, -0.2) is 47.4 Å². The summed E-state index contributed by atoms with van der Waals surface area (Å²) in [6.07, 6.45) is 80.0. The van der Waals surface area contributed by atoms with Crippen molar-refractivity contribution in [2.45, 2.75) is 424 Å². The Bertz CT molecular complexity index is 1100. The van der Waals surface area contributed by atoms with Gasteiger partial charge in [0.25, 0.3) is 0 Å². The van der Waals surface area contributed by atoms with Crippen LogP contribution in [0.5, 0.6) is 0 Å². The van der Waals surface area contributed by atoms with Gasteiger partial charge >= 0.3 is 5.97 Å². The molecule has 0 bridgehead atoms. The van der Waals surface area contributed by atoms with E-state index in [-0.39, 0.29) is 18.5 Å². The van der Waals surface area contributed by atoms with Crippen molar-refractivity contribution in [3.8, 4) is 0 Å². The van der Waals surface area contributed by atoms with Crippen LogP contribution >= 0.6 is 0 Å². The maximum atomic E-state index is 12.6. The Hall–Kier alpha value is -1.14. The van der Waals surface area contributed by atoms with E-state index in [0.717, 1.165) is 38.5 Å². The topological polar surface area (TPSA) is 95.9 Å². The number of hydrogen-bond donors (Lipinski definition) is 3. The normalized spacial score (nSPS) is 12.4. The van der Waals surface area contributed by atoms with E-state index >= 15 is 0 Å². The van der Waals surface area contributed by atoms with Gasteiger partial charge in [0.2, 0.25) is 5.91 Å². The van der Waals surface area contributed by atoms with Crippen molar-refractivity contribution in [1.82, 2.24) is 5.32 Å². The Kier molecular flexibility index (Phi) is 65.4. The predicted octanol–water partition coefficient (Wildman–Crippen LogP) is 22.6. The molecule has 0 aromatic carbocycles. The molecule has 0 aromatic rings. The van der Waals surface area contributed by atoms with E-state index in [4.69, 9.17) is 4.74 Å². The molecule has 0 heterocycles. The van der Waals surface area contributed by atoms with E-state index < -0.39 is 12.1 Å². The number of amides is 1. The Balaban J connectivity index is 3.37. The molecule has 6 heteroatoms. The summed E-state index contributed by atoms with van der Waals surface area (Å²) in [5, 5.41) is 23.4. The van der Waals surface area contributed by atoms with Gasteiger partial charge in [-0.2, -0.15) is 0 Å². The van der Waals surface area contributed by atoms with Gasteiger partial charge in [-0.3, -0.25) is 9.59 Å². The van der Waals surface area contributed by atoms with Gasteiger partial charge in [0.15, 0.2) is 0 Å². The molecule has 0 spiro atoms. The Morgan fingerprint density at radius 1 is 0.316 bits per heavy atom. The zero-order valence-electron chi connectivity index (χ0n) is 52.0. The number of carbonyl (C=O) groups is 2. The number of hydrogen-bond acceptors (Lipinski definition) is 5. The molecule has 76 heavy (non-hydrogen) atoms. The summed E-state index contributed by atoms with van der Waals surface area (Å²) in [6, 6.07) is -0.543. The lowest BCUT2D eigenvalue weighted by molar-refractivity contribution is -0.143. The average Bonchev–Trinajstić information content (AvgIpc) is 3.42. The fourth-order valence-electron chi connectivity index (χ4n) is 11.5. The van der Waals surface area contributed by atoms with E-state index in [1.54, 1.807) is 0 Å². The molecule has 0 rings (SSSR count). The molecule has 0 saturated heterocycles. The Morgan fingerprint density at radius 3 is 0.803 bits per heavy atom. The van der Waals surface area contributed by atoms with Crippen molar-refractivity contribution in [3.63, 3.8) is 0 Å². The fourth-order valence-corrected chi connectivity index (χ4v) is 11.5. The number of rotatable bonds is 67. The molecule has 1 amide bonds. The van der Waals surface area contributed by atoms with Gasteiger partial charge in [-0.1, -0.05) is 373 Å². The molecule has 0 saturated carbocycles. The SMILES string of the molecule is CCCCCCCCCCCCCCCCCCCCCCCCCC(O)C(CO)NC(=O)CCCCCCCCCCCCCCCCCCCCCCOC(=O)CCCCCCCCCCCCCCCCCC. The summed E-state index contributed by atoms with van der Waals surface area (Å²) in [7, 11) is 0. The molecule has 454 valence electrons. The highest BCUT2D eigenvalue weighted by Crippen LogP contribution is 2.20. The van der Waals surface area contributed by atoms with E-state index in [1.165, 1.54) is 340 Å². The highest BCUT2D eigenvalue weighted by molar-refractivity contribution is 5.76. The summed E-state index contributed by atoms with van der Waals surface area (Å²) < 4.78 is 5.50. The van der Waals surface area contributed by atoms with Crippen LogP contribution in [0.1, 0.15) is 412 Å². The van der Waals surface area contributed by atoms with E-state index in [0.29, 0.717) is 25.9 Å². The lowest BCUT2D eigenvalue weighted by Gasteiger charge is -2.22. The van der Waals surface area contributed by atoms with Gasteiger partial charge in [-0.15, -0.1) is 0 Å². The van der Waals surface area contributed by atoms with Gasteiger partial charge in [0, 0.05) is 12.8 Å². The van der Waals surface area contributed by atoms with Crippen LogP contribution in [0, 0.1) is 0 Å². The van der Waals surface area contributed by atoms with Crippen LogP contribution < -0.4 is 5.32 Å². The number of aliphatic hydroxyl groups is 2. The molecule has 0 radical (unpaired) electrons. The summed E-state index contributed by atoms with van der Waals surface area (Å²) in [5.74, 6) is -0.0152. The van der Waals surface area contributed by atoms with Crippen LogP contribution in [0.25, 0.3) is 0 Å². The Labute approximate surface area is 476 Å². The van der Waals surface area contributed by atoms with Gasteiger partial charge in [0.05, 0.1) is 25.4 Å². The Morgan fingerprint density at radius 2 is 0.539 bits per heavy atom. The van der Waals surface area contributed by atoms with Gasteiger partial charge in [-0.25, -0.2) is 0 Å². The predicted molar refractivity (Wildman–Crippen MR) is 334 cm³/mol. The van der Waals surface area contributed by atoms with Crippen molar-refractivity contribution >= 4 is 11.9 Å². The molecule has 2 atom stereocenters. The molecule has 0 fully saturated rings. The molecule has 3 N–H and O–H groups in total. The molecule has 0 aliphatic carbocycles. The highest BCUT2D eigenvalue weighted by Gasteiger charge is 2.20. The fraction of sp³-hybridized carbons (Fsp3) is 0.971. The van der Waals surface area contributed by atoms with Crippen molar-refractivity contribution in [1.29, 1.82) is 0 Å². The van der Waals surface area contributed by atoms with Crippen molar-refractivity contribution in [3.05, 3.63) is 0 Å². The number of ether oxygens (including phenoxy) is 1. The van der Waals surface area contributed by atoms with Gasteiger partial charge in [0.1, 0.15) is 0 Å². The molecule has 0 aliphatic heterocycles. The standard InChI is InChI=1S/C70H139NO5/c1-3-5-7-9-11-13-15-17-19-21-22-23-24-25-28-31-34-38-42-46-50-54-58-62-68(73)67(66-72)71-69(74)63-59-55-51-47-43-39-35-32-29-26-27-30-33-37-41-45-49-53-57-61-65-76-70(75)64-60-56-52-48-44-40-36-20-18-16-14-12-10-8-6-4-2/h67-68,72-73H,3-66H2,1-2H3,(H,71,74). The van der Waals surface area contributed by atoms with E-state index in [1.807, 2.05) is 0 Å². The summed E-state index contributed by atoms with van der Waals surface area (Å²) in [5.41, 5.74) is 0. The zero-order chi connectivity index (χ0) is 55.0. The van der Waals surface area contributed by atoms with Gasteiger partial charge < -0.3 is 20.3 Å². The lowest BCUT2D eigenvalue weighted by Crippen LogP contribution is -2.45. The smallest absolute Gasteiger partial charge is 0.305 e. The maximum absolute atomic E-state index is 12.6. The van der Waals surface area contributed by atoms with Crippen LogP contribution in [0.15, 0.2) is 0 Å². The van der Waals surface area contributed by atoms with Crippen molar-refractivity contribution in [2.75, 3.05) is 13.2 Å². The van der Waals surface area contributed by atoms with Crippen molar-refractivity contribution in [2.24, 2.45) is 0 Å². The number of aliphatic hydroxyl groups excluding tert-OH is 2. The minimum atomic E-state index is -0.666. The molecular weight excluding hydrogens is 935 g/mol. The highest BCUT2D eigenvalue weighted by atomic mass is 16.5. The first-order valence-corrected chi connectivity index (χ1v) is 35.3. The number of carbonyl (C=O) groups excluding carboxylic acids is 2. The minimum Gasteiger partial charge on any atom is -0.466 e. The average molecular weight is 1070 g/mol. The number of nitrogens with one attached hydrogen (secondary N) is 1.